The van der Waals surface area contributed by atoms with E-state index in [0.29, 0.717) is 39.1 Å². The summed E-state index contributed by atoms with van der Waals surface area (Å²) in [7, 11) is 0. The molecule has 5 rings (SSSR count). The topological polar surface area (TPSA) is 88.0 Å². The Morgan fingerprint density at radius 3 is 2.81 bits per heavy atom. The van der Waals surface area contributed by atoms with Crippen LogP contribution in [0.25, 0.3) is 27.8 Å². The van der Waals surface area contributed by atoms with Crippen LogP contribution in [0.3, 0.4) is 0 Å². The van der Waals surface area contributed by atoms with Crippen molar-refractivity contribution in [3.05, 3.63) is 41.1 Å². The maximum Gasteiger partial charge on any atom is 0.212 e. The van der Waals surface area contributed by atoms with Gasteiger partial charge in [0, 0.05) is 23.2 Å². The number of nitrogens with one attached hydrogen (secondary N) is 2. The lowest BCUT2D eigenvalue weighted by molar-refractivity contribution is -0.105. The van der Waals surface area contributed by atoms with Crippen molar-refractivity contribution in [2.24, 2.45) is 0 Å². The molecule has 4 aromatic rings. The van der Waals surface area contributed by atoms with Gasteiger partial charge in [-0.3, -0.25) is 14.9 Å². The molecule has 0 spiro atoms. The van der Waals surface area contributed by atoms with Crippen LogP contribution in [0.4, 0.5) is 10.2 Å². The monoisotopic (exact) mass is 416 g/mol. The first-order chi connectivity index (χ1) is 12.7. The quantitative estimate of drug-likeness (QED) is 0.495. The Balaban J connectivity index is 0.000000510. The van der Waals surface area contributed by atoms with Crippen LogP contribution in [0.1, 0.15) is 19.3 Å². The molecule has 9 heteroatoms. The van der Waals surface area contributed by atoms with Gasteiger partial charge in [0.15, 0.2) is 11.5 Å². The van der Waals surface area contributed by atoms with Crippen LogP contribution in [0, 0.1) is 5.82 Å². The third-order valence-electron chi connectivity index (χ3n) is 3.80. The number of carbonyl (C=O) groups excluding carboxylic acids is 1. The van der Waals surface area contributed by atoms with Gasteiger partial charge in [-0.05, 0) is 15.9 Å². The van der Waals surface area contributed by atoms with Crippen LogP contribution < -0.4 is 5.32 Å². The van der Waals surface area contributed by atoms with E-state index < -0.39 is 5.82 Å². The van der Waals surface area contributed by atoms with Gasteiger partial charge in [-0.2, -0.15) is 5.10 Å². The highest BCUT2D eigenvalue weighted by Crippen LogP contribution is 2.35. The highest BCUT2D eigenvalue weighted by molar-refractivity contribution is 9.10. The molecule has 1 aliphatic carbocycles. The number of aromatic amines is 1. The summed E-state index contributed by atoms with van der Waals surface area (Å²) in [5.74, 6) is -0.00157. The molecule has 1 fully saturated rings. The Hall–Kier alpha value is -2.81. The van der Waals surface area contributed by atoms with E-state index in [2.05, 4.69) is 41.4 Å². The number of hydrogen-bond donors (Lipinski definition) is 2. The Kier molecular flexibility index (Phi) is 4.37. The average Bonchev–Trinajstić information content (AvgIpc) is 3.35. The number of amides is 1. The second-order valence-corrected chi connectivity index (χ2v) is 6.66. The molecule has 1 saturated carbocycles. The Bertz CT molecular complexity index is 1100. The molecule has 26 heavy (non-hydrogen) atoms. The van der Waals surface area contributed by atoms with Gasteiger partial charge < -0.3 is 9.72 Å². The van der Waals surface area contributed by atoms with Crippen LogP contribution in [0.2, 0.25) is 0 Å². The zero-order valence-corrected chi connectivity index (χ0v) is 15.1. The van der Waals surface area contributed by atoms with Crippen molar-refractivity contribution in [1.82, 2.24) is 24.6 Å². The molecule has 0 saturated heterocycles. The number of benzene rings is 1. The third kappa shape index (κ3) is 3.17. The number of fused-ring (bicyclic) bond motifs is 2. The minimum absolute atomic E-state index is 0.310. The highest BCUT2D eigenvalue weighted by Gasteiger charge is 2.16. The maximum absolute atomic E-state index is 14.1. The SMILES string of the molecule is C1CC1.O=CNc1cn2cc(-c3c(Br)c(F)cc4[nH]ncc34)ncc2n1. The predicted octanol–water partition coefficient (Wildman–Crippen LogP) is 3.91. The molecule has 1 aromatic carbocycles. The molecule has 3 aromatic heterocycles. The Morgan fingerprint density at radius 2 is 2.08 bits per heavy atom. The fourth-order valence-electron chi connectivity index (χ4n) is 2.44. The standard InChI is InChI=1S/C14H8BrFN6O.C3H6/c15-14-8(16)1-9-7(2-19-21-9)13(14)10-4-22-5-11(18-6-23)20-12(22)3-17-10;1-2-3-1/h1-6H,(H,18,23)(H,19,21);1-3H2. The molecule has 0 bridgehead atoms. The Labute approximate surface area is 155 Å². The van der Waals surface area contributed by atoms with Crippen molar-refractivity contribution in [2.75, 3.05) is 5.32 Å². The number of rotatable bonds is 3. The molecule has 1 aliphatic rings. The van der Waals surface area contributed by atoms with Gasteiger partial charge in [-0.1, -0.05) is 19.3 Å². The van der Waals surface area contributed by atoms with Gasteiger partial charge in [0.2, 0.25) is 6.41 Å². The van der Waals surface area contributed by atoms with Crippen molar-refractivity contribution >= 4 is 44.7 Å². The molecule has 7 nitrogen and oxygen atoms in total. The fraction of sp³-hybridized carbons (Fsp3) is 0.176. The number of aromatic nitrogens is 5. The lowest BCUT2D eigenvalue weighted by Gasteiger charge is -2.07. The normalized spacial score (nSPS) is 12.7. The van der Waals surface area contributed by atoms with Gasteiger partial charge in [0.1, 0.15) is 5.82 Å². The van der Waals surface area contributed by atoms with Crippen molar-refractivity contribution < 1.29 is 9.18 Å². The van der Waals surface area contributed by atoms with E-state index in [1.165, 1.54) is 25.3 Å². The zero-order valence-electron chi connectivity index (χ0n) is 13.5. The molecular weight excluding hydrogens is 403 g/mol. The second-order valence-electron chi connectivity index (χ2n) is 5.87. The number of imidazole rings is 1. The van der Waals surface area contributed by atoms with E-state index in [-0.39, 0.29) is 0 Å². The van der Waals surface area contributed by atoms with Gasteiger partial charge >= 0.3 is 0 Å². The smallest absolute Gasteiger partial charge is 0.212 e. The molecular formula is C17H14BrFN6O. The van der Waals surface area contributed by atoms with E-state index in [9.17, 15) is 9.18 Å². The van der Waals surface area contributed by atoms with Gasteiger partial charge in [0.05, 0.1) is 34.3 Å². The molecule has 3 heterocycles. The minimum atomic E-state index is -0.410. The van der Waals surface area contributed by atoms with Crippen LogP contribution in [0.15, 0.2) is 35.3 Å². The largest absolute Gasteiger partial charge is 0.312 e. The summed E-state index contributed by atoms with van der Waals surface area (Å²) in [5.41, 5.74) is 2.28. The van der Waals surface area contributed by atoms with Gasteiger partial charge in [0.25, 0.3) is 0 Å². The number of nitrogens with zero attached hydrogens (tertiary/aromatic N) is 4. The number of carbonyl (C=O) groups is 1. The molecule has 1 amide bonds. The first kappa shape index (κ1) is 16.6. The molecule has 0 unspecified atom stereocenters. The van der Waals surface area contributed by atoms with E-state index in [4.69, 9.17) is 0 Å². The number of H-pyrrole nitrogens is 1. The lowest BCUT2D eigenvalue weighted by Crippen LogP contribution is -1.93. The molecule has 0 aliphatic heterocycles. The van der Waals surface area contributed by atoms with Crippen molar-refractivity contribution in [2.45, 2.75) is 19.3 Å². The zero-order chi connectivity index (χ0) is 18.1. The summed E-state index contributed by atoms with van der Waals surface area (Å²) in [6.45, 7) is 0. The van der Waals surface area contributed by atoms with Crippen molar-refractivity contribution in [3.63, 3.8) is 0 Å². The molecule has 0 radical (unpaired) electrons. The van der Waals surface area contributed by atoms with Crippen molar-refractivity contribution in [1.29, 1.82) is 0 Å². The van der Waals surface area contributed by atoms with Crippen LogP contribution >= 0.6 is 15.9 Å². The summed E-state index contributed by atoms with van der Waals surface area (Å²) in [6, 6.07) is 1.37. The second kappa shape index (κ2) is 6.83. The third-order valence-corrected chi connectivity index (χ3v) is 4.57. The summed E-state index contributed by atoms with van der Waals surface area (Å²) < 4.78 is 16.1. The highest BCUT2D eigenvalue weighted by atomic mass is 79.9. The first-order valence-electron chi connectivity index (χ1n) is 8.04. The van der Waals surface area contributed by atoms with E-state index in [0.717, 1.165) is 5.39 Å². The summed E-state index contributed by atoms with van der Waals surface area (Å²) >= 11 is 3.28. The predicted molar refractivity (Wildman–Crippen MR) is 99.3 cm³/mol. The van der Waals surface area contributed by atoms with Crippen LogP contribution in [-0.2, 0) is 4.79 Å². The van der Waals surface area contributed by atoms with E-state index in [1.807, 2.05) is 0 Å². The fourth-order valence-corrected chi connectivity index (χ4v) is 2.97. The first-order valence-corrected chi connectivity index (χ1v) is 8.83. The van der Waals surface area contributed by atoms with E-state index in [1.54, 1.807) is 29.2 Å². The molecule has 2 N–H and O–H groups in total. The average molecular weight is 417 g/mol. The van der Waals surface area contributed by atoms with Crippen LogP contribution in [0.5, 0.6) is 0 Å². The number of halogens is 2. The molecule has 0 atom stereocenters. The van der Waals surface area contributed by atoms with E-state index >= 15 is 0 Å². The number of anilines is 1. The maximum atomic E-state index is 14.1. The molecule has 132 valence electrons. The summed E-state index contributed by atoms with van der Waals surface area (Å²) in [6.07, 6.45) is 11.6. The van der Waals surface area contributed by atoms with Crippen LogP contribution in [-0.4, -0.2) is 31.0 Å². The number of hydrogen-bond acceptors (Lipinski definition) is 4. The summed E-state index contributed by atoms with van der Waals surface area (Å²) in [5, 5.41) is 9.93. The Morgan fingerprint density at radius 1 is 1.27 bits per heavy atom. The summed E-state index contributed by atoms with van der Waals surface area (Å²) in [4.78, 5) is 19.0. The van der Waals surface area contributed by atoms with Gasteiger partial charge in [-0.15, -0.1) is 0 Å². The minimum Gasteiger partial charge on any atom is -0.312 e. The van der Waals surface area contributed by atoms with Crippen molar-refractivity contribution in [3.8, 4) is 11.3 Å². The van der Waals surface area contributed by atoms with Gasteiger partial charge in [-0.25, -0.2) is 9.37 Å². The lowest BCUT2D eigenvalue weighted by atomic mass is 10.1.